The molecule has 0 radical (unpaired) electrons. The molecule has 0 aliphatic heterocycles. The van der Waals surface area contributed by atoms with Gasteiger partial charge in [0.05, 0.1) is 0 Å². The van der Waals surface area contributed by atoms with Gasteiger partial charge in [0.1, 0.15) is 12.7 Å². The predicted molar refractivity (Wildman–Crippen MR) is 129 cm³/mol. The van der Waals surface area contributed by atoms with Crippen molar-refractivity contribution in [2.75, 3.05) is 0 Å². The molecule has 0 fully saturated rings. The van der Waals surface area contributed by atoms with Crippen LogP contribution in [0.2, 0.25) is 10.0 Å². The van der Waals surface area contributed by atoms with Crippen molar-refractivity contribution in [2.45, 2.75) is 0 Å². The Kier molecular flexibility index (Phi) is 11.1. The van der Waals surface area contributed by atoms with Crippen molar-refractivity contribution in [2.24, 2.45) is 0 Å². The molecule has 2 aromatic carbocycles. The number of nitrogens with one attached hydrogen (secondary N) is 1. The second-order valence-electron chi connectivity index (χ2n) is 5.43. The van der Waals surface area contributed by atoms with Crippen LogP contribution < -0.4 is 0 Å². The second-order valence-corrected chi connectivity index (χ2v) is 7.06. The zero-order chi connectivity index (χ0) is 22.5. The molecule has 160 valence electrons. The van der Waals surface area contributed by atoms with E-state index in [9.17, 15) is 0 Å². The third kappa shape index (κ3) is 8.73. The van der Waals surface area contributed by atoms with Gasteiger partial charge in [0, 0.05) is 44.0 Å². The molecule has 4 rings (SSSR count). The monoisotopic (exact) mass is 514 g/mol. The predicted octanol–water partition coefficient (Wildman–Crippen LogP) is 7.33. The van der Waals surface area contributed by atoms with Gasteiger partial charge in [-0.15, -0.1) is 5.10 Å². The van der Waals surface area contributed by atoms with E-state index in [1.54, 1.807) is 18.6 Å². The van der Waals surface area contributed by atoms with E-state index in [4.69, 9.17) is 58.0 Å². The quantitative estimate of drug-likeness (QED) is 0.310. The molecule has 2 heterocycles. The third-order valence-corrected chi connectivity index (χ3v) is 4.32. The summed E-state index contributed by atoms with van der Waals surface area (Å²) < 4.78 is 1.53. The lowest BCUT2D eigenvalue weighted by molar-refractivity contribution is 0.938. The van der Waals surface area contributed by atoms with Gasteiger partial charge in [-0.2, -0.15) is 5.10 Å². The van der Waals surface area contributed by atoms with Crippen LogP contribution in [0, 0.1) is 0 Å². The van der Waals surface area contributed by atoms with Gasteiger partial charge in [-0.3, -0.25) is 5.10 Å². The van der Waals surface area contributed by atoms with Crippen LogP contribution in [0.1, 0.15) is 0 Å². The van der Waals surface area contributed by atoms with Crippen molar-refractivity contribution in [3.8, 4) is 22.8 Å². The fourth-order valence-corrected chi connectivity index (χ4v) is 2.64. The van der Waals surface area contributed by atoms with E-state index in [-0.39, 0.29) is 0 Å². The Bertz CT molecular complexity index is 1100. The smallest absolute Gasteiger partial charge is 0.181 e. The molecular formula is C20H15Cl5N6. The molecule has 0 atom stereocenters. The Hall–Kier alpha value is -2.35. The maximum Gasteiger partial charge on any atom is 0.181 e. The Labute approximate surface area is 204 Å². The van der Waals surface area contributed by atoms with Gasteiger partial charge in [0.2, 0.25) is 0 Å². The normalized spacial score (nSPS) is 10.5. The first kappa shape index (κ1) is 24.9. The van der Waals surface area contributed by atoms with Gasteiger partial charge in [0.25, 0.3) is 0 Å². The van der Waals surface area contributed by atoms with E-state index in [0.29, 0.717) is 15.9 Å². The summed E-state index contributed by atoms with van der Waals surface area (Å²) in [4.78, 5) is 8.13. The molecule has 11 heteroatoms. The summed E-state index contributed by atoms with van der Waals surface area (Å²) in [6, 6.07) is 14.8. The lowest BCUT2D eigenvalue weighted by atomic mass is 10.2. The number of nitrogens with zero attached hydrogens (tertiary/aromatic N) is 5. The highest BCUT2D eigenvalue weighted by molar-refractivity contribution is 6.33. The maximum absolute atomic E-state index is 5.87. The lowest BCUT2D eigenvalue weighted by Gasteiger charge is -1.94. The molecule has 4 aromatic rings. The zero-order valence-corrected chi connectivity index (χ0v) is 19.5. The lowest BCUT2D eigenvalue weighted by Crippen LogP contribution is -1.86. The van der Waals surface area contributed by atoms with Gasteiger partial charge in [0.15, 0.2) is 11.6 Å². The van der Waals surface area contributed by atoms with Crippen LogP contribution in [0.25, 0.3) is 29.0 Å². The zero-order valence-electron chi connectivity index (χ0n) is 15.7. The van der Waals surface area contributed by atoms with Crippen molar-refractivity contribution in [1.29, 1.82) is 0 Å². The molecule has 0 saturated carbocycles. The molecule has 0 unspecified atom stereocenters. The van der Waals surface area contributed by atoms with Crippen molar-refractivity contribution in [3.05, 3.63) is 87.8 Å². The fourth-order valence-electron chi connectivity index (χ4n) is 2.14. The van der Waals surface area contributed by atoms with E-state index in [0.717, 1.165) is 17.0 Å². The largest absolute Gasteiger partial charge is 0.259 e. The molecule has 1 N–H and O–H groups in total. The Morgan fingerprint density at radius 2 is 1.45 bits per heavy atom. The molecule has 0 aliphatic rings. The highest BCUT2D eigenvalue weighted by Crippen LogP contribution is 2.19. The number of hydrogen-bond donors (Lipinski definition) is 1. The molecule has 0 aliphatic carbocycles. The average Bonchev–Trinajstić information content (AvgIpc) is 3.47. The van der Waals surface area contributed by atoms with Gasteiger partial charge in [-0.25, -0.2) is 14.6 Å². The van der Waals surface area contributed by atoms with Crippen LogP contribution in [-0.2, 0) is 0 Å². The summed E-state index contributed by atoms with van der Waals surface area (Å²) in [5.41, 5.74) is 5.67. The summed E-state index contributed by atoms with van der Waals surface area (Å²) in [5, 5.41) is 12.1. The average molecular weight is 517 g/mol. The number of aromatic nitrogens is 6. The molecule has 0 amide bonds. The minimum Gasteiger partial charge on any atom is -0.259 e. The van der Waals surface area contributed by atoms with Crippen LogP contribution >= 0.6 is 58.0 Å². The molecule has 2 aromatic heterocycles. The number of rotatable bonds is 3. The van der Waals surface area contributed by atoms with Crippen LogP contribution in [0.4, 0.5) is 0 Å². The van der Waals surface area contributed by atoms with Crippen molar-refractivity contribution < 1.29 is 0 Å². The van der Waals surface area contributed by atoms with E-state index < -0.39 is 0 Å². The van der Waals surface area contributed by atoms with Gasteiger partial charge < -0.3 is 0 Å². The summed E-state index contributed by atoms with van der Waals surface area (Å²) in [6.07, 6.45) is 4.65. The van der Waals surface area contributed by atoms with Crippen molar-refractivity contribution in [3.63, 3.8) is 0 Å². The number of H-pyrrole nitrogens is 1. The van der Waals surface area contributed by atoms with Crippen molar-refractivity contribution >= 4 is 64.2 Å². The third-order valence-electron chi connectivity index (χ3n) is 3.36. The summed E-state index contributed by atoms with van der Waals surface area (Å²) in [6.45, 7) is 0. The standard InChI is InChI=1S/C10H7Cl2N3.C8H6ClN3.C2H2Cl2/c11-4-5-15-7-13-10(14-15)8-2-1-3-9(12)6-8;9-7-3-1-2-6(4-7)8-10-5-11-12-8;3-1-2-4/h1-7H;1-5H,(H,10,11,12);1-2H/b5-4-;;2-1-. The van der Waals surface area contributed by atoms with E-state index in [1.165, 1.54) is 27.6 Å². The van der Waals surface area contributed by atoms with Crippen molar-refractivity contribution in [1.82, 2.24) is 29.9 Å². The van der Waals surface area contributed by atoms with Gasteiger partial charge >= 0.3 is 0 Å². The van der Waals surface area contributed by atoms with Gasteiger partial charge in [-0.05, 0) is 24.3 Å². The Morgan fingerprint density at radius 1 is 0.806 bits per heavy atom. The Morgan fingerprint density at radius 3 is 2.00 bits per heavy atom. The van der Waals surface area contributed by atoms with E-state index in [1.807, 2.05) is 42.5 Å². The number of hydrogen-bond acceptors (Lipinski definition) is 4. The number of aromatic amines is 1. The summed E-state index contributed by atoms with van der Waals surface area (Å²) in [7, 11) is 0. The van der Waals surface area contributed by atoms with Crippen LogP contribution in [0.3, 0.4) is 0 Å². The summed E-state index contributed by atoms with van der Waals surface area (Å²) in [5.74, 6) is 1.35. The maximum atomic E-state index is 5.87. The van der Waals surface area contributed by atoms with Crippen LogP contribution in [0.5, 0.6) is 0 Å². The minimum absolute atomic E-state index is 0.618. The topological polar surface area (TPSA) is 72.3 Å². The number of benzene rings is 2. The van der Waals surface area contributed by atoms with Gasteiger partial charge in [-0.1, -0.05) is 82.3 Å². The Balaban J connectivity index is 0.000000192. The fraction of sp³-hybridized carbons (Fsp3) is 0. The highest BCUT2D eigenvalue weighted by Gasteiger charge is 2.03. The molecular weight excluding hydrogens is 502 g/mol. The SMILES string of the molecule is Cl/C=C\Cl.Cl/C=C\n1cnc(-c2cccc(Cl)c2)n1.Clc1cccc(-c2ncn[nH]2)c1. The first-order chi connectivity index (χ1) is 15.1. The van der Waals surface area contributed by atoms with Crippen LogP contribution in [0.15, 0.2) is 77.8 Å². The number of halogens is 5. The first-order valence-electron chi connectivity index (χ1n) is 8.48. The molecule has 0 bridgehead atoms. The molecule has 0 saturated heterocycles. The summed E-state index contributed by atoms with van der Waals surface area (Å²) >= 11 is 26.8. The highest BCUT2D eigenvalue weighted by atomic mass is 35.5. The van der Waals surface area contributed by atoms with E-state index in [2.05, 4.69) is 25.3 Å². The first-order valence-corrected chi connectivity index (χ1v) is 10.5. The van der Waals surface area contributed by atoms with Crippen LogP contribution in [-0.4, -0.2) is 29.9 Å². The molecule has 0 spiro atoms. The molecule has 31 heavy (non-hydrogen) atoms. The minimum atomic E-state index is 0.618. The van der Waals surface area contributed by atoms with E-state index >= 15 is 0 Å². The molecule has 6 nitrogen and oxygen atoms in total. The second kappa shape index (κ2) is 13.9.